The van der Waals surface area contributed by atoms with E-state index in [1.807, 2.05) is 19.9 Å². The van der Waals surface area contributed by atoms with E-state index in [2.05, 4.69) is 15.9 Å². The molecule has 104 valence electrons. The molecule has 1 aromatic rings. The van der Waals surface area contributed by atoms with E-state index in [0.29, 0.717) is 43.3 Å². The number of ether oxygens (including phenoxy) is 3. The number of carbonyl (C=O) groups is 1. The van der Waals surface area contributed by atoms with Gasteiger partial charge >= 0.3 is 0 Å². The molecule has 0 spiro atoms. The Morgan fingerprint density at radius 3 is 2.74 bits per heavy atom. The van der Waals surface area contributed by atoms with E-state index >= 15 is 0 Å². The molecule has 0 unspecified atom stereocenters. The maximum absolute atomic E-state index is 12.2. The molecule has 19 heavy (non-hydrogen) atoms. The second-order valence-electron chi connectivity index (χ2n) is 4.13. The fourth-order valence-electron chi connectivity index (χ4n) is 2.15. The van der Waals surface area contributed by atoms with Crippen LogP contribution in [-0.4, -0.2) is 32.2 Å². The van der Waals surface area contributed by atoms with E-state index in [4.69, 9.17) is 14.2 Å². The first kappa shape index (κ1) is 14.3. The maximum Gasteiger partial charge on any atom is 0.192 e. The van der Waals surface area contributed by atoms with Crippen LogP contribution in [0.25, 0.3) is 0 Å². The van der Waals surface area contributed by atoms with Crippen molar-refractivity contribution in [1.29, 1.82) is 0 Å². The van der Waals surface area contributed by atoms with Crippen molar-refractivity contribution in [1.82, 2.24) is 0 Å². The van der Waals surface area contributed by atoms with Crippen LogP contribution in [0.4, 0.5) is 0 Å². The smallest absolute Gasteiger partial charge is 0.192 e. The molecule has 1 aliphatic heterocycles. The average molecular weight is 329 g/mol. The van der Waals surface area contributed by atoms with E-state index in [1.54, 1.807) is 0 Å². The molecule has 0 radical (unpaired) electrons. The zero-order valence-corrected chi connectivity index (χ0v) is 12.7. The lowest BCUT2D eigenvalue weighted by Crippen LogP contribution is -2.11. The van der Waals surface area contributed by atoms with Gasteiger partial charge in [-0.3, -0.25) is 4.79 Å². The van der Waals surface area contributed by atoms with E-state index in [0.717, 1.165) is 10.0 Å². The van der Waals surface area contributed by atoms with Gasteiger partial charge in [0.15, 0.2) is 17.3 Å². The molecular weight excluding hydrogens is 312 g/mol. The third kappa shape index (κ3) is 2.92. The van der Waals surface area contributed by atoms with E-state index < -0.39 is 0 Å². The molecule has 2 rings (SSSR count). The van der Waals surface area contributed by atoms with Crippen molar-refractivity contribution in [3.8, 4) is 11.5 Å². The van der Waals surface area contributed by atoms with Crippen molar-refractivity contribution < 1.29 is 19.0 Å². The third-order valence-electron chi connectivity index (χ3n) is 2.90. The van der Waals surface area contributed by atoms with E-state index in [9.17, 15) is 4.79 Å². The van der Waals surface area contributed by atoms with Gasteiger partial charge in [-0.05, 0) is 31.9 Å². The molecule has 0 amide bonds. The number of ketones is 1. The van der Waals surface area contributed by atoms with Crippen molar-refractivity contribution in [2.75, 3.05) is 26.4 Å². The Kier molecular flexibility index (Phi) is 4.82. The number of hydrogen-bond donors (Lipinski definition) is 0. The lowest BCUT2D eigenvalue weighted by molar-refractivity contribution is 0.0785. The Hall–Kier alpha value is -1.07. The summed E-state index contributed by atoms with van der Waals surface area (Å²) in [6, 6.07) is 1.87. The summed E-state index contributed by atoms with van der Waals surface area (Å²) < 4.78 is 17.4. The van der Waals surface area contributed by atoms with Gasteiger partial charge in [0.25, 0.3) is 0 Å². The Bertz CT molecular complexity index is 485. The molecule has 1 heterocycles. The number of rotatable bonds is 4. The number of hydrogen-bond acceptors (Lipinski definition) is 4. The van der Waals surface area contributed by atoms with E-state index in [1.165, 1.54) is 0 Å². The first-order chi connectivity index (χ1) is 9.19. The topological polar surface area (TPSA) is 44.8 Å². The molecule has 0 bridgehead atoms. The summed E-state index contributed by atoms with van der Waals surface area (Å²) in [6.07, 6.45) is 0.689. The summed E-state index contributed by atoms with van der Waals surface area (Å²) in [5, 5.41) is 0. The Labute approximate surface area is 121 Å². The lowest BCUT2D eigenvalue weighted by Gasteiger charge is -2.17. The van der Waals surface area contributed by atoms with Crippen LogP contribution in [0.1, 0.15) is 29.8 Å². The number of carbonyl (C=O) groups excluding carboxylic acids is 1. The highest BCUT2D eigenvalue weighted by Crippen LogP contribution is 2.40. The molecule has 0 aromatic heterocycles. The predicted octanol–water partition coefficient (Wildman–Crippen LogP) is 3.00. The highest BCUT2D eigenvalue weighted by molar-refractivity contribution is 9.10. The van der Waals surface area contributed by atoms with Crippen molar-refractivity contribution in [2.24, 2.45) is 0 Å². The molecule has 0 aliphatic carbocycles. The second kappa shape index (κ2) is 6.39. The van der Waals surface area contributed by atoms with Crippen molar-refractivity contribution in [3.63, 3.8) is 0 Å². The second-order valence-corrected chi connectivity index (χ2v) is 4.99. The highest BCUT2D eigenvalue weighted by Gasteiger charge is 2.26. The van der Waals surface area contributed by atoms with Crippen LogP contribution in [0, 0.1) is 0 Å². The van der Waals surface area contributed by atoms with Gasteiger partial charge < -0.3 is 14.2 Å². The van der Waals surface area contributed by atoms with Gasteiger partial charge in [0.1, 0.15) is 6.61 Å². The van der Waals surface area contributed by atoms with Gasteiger partial charge in [-0.1, -0.05) is 15.9 Å². The predicted molar refractivity (Wildman–Crippen MR) is 75.3 cm³/mol. The van der Waals surface area contributed by atoms with Crippen LogP contribution >= 0.6 is 15.9 Å². The minimum atomic E-state index is -0.0572. The van der Waals surface area contributed by atoms with Gasteiger partial charge in [0.2, 0.25) is 0 Å². The molecule has 0 atom stereocenters. The Morgan fingerprint density at radius 1 is 1.32 bits per heavy atom. The van der Waals surface area contributed by atoms with Crippen LogP contribution < -0.4 is 9.47 Å². The highest BCUT2D eigenvalue weighted by atomic mass is 79.9. The van der Waals surface area contributed by atoms with Crippen LogP contribution in [0.2, 0.25) is 0 Å². The molecular formula is C14H17BrO4. The summed E-state index contributed by atoms with van der Waals surface area (Å²) >= 11 is 3.51. The van der Waals surface area contributed by atoms with Crippen molar-refractivity contribution >= 4 is 21.7 Å². The van der Waals surface area contributed by atoms with Crippen molar-refractivity contribution in [3.05, 3.63) is 21.7 Å². The van der Waals surface area contributed by atoms with Gasteiger partial charge in [0.05, 0.1) is 25.4 Å². The van der Waals surface area contributed by atoms with Crippen LogP contribution in [0.3, 0.4) is 0 Å². The van der Waals surface area contributed by atoms with Gasteiger partial charge in [-0.2, -0.15) is 0 Å². The number of fused-ring (bicyclic) bond motifs is 1. The molecule has 0 saturated carbocycles. The molecule has 0 N–H and O–H groups in total. The molecule has 0 saturated heterocycles. The Balaban J connectivity index is 2.61. The fourth-order valence-corrected chi connectivity index (χ4v) is 2.75. The monoisotopic (exact) mass is 328 g/mol. The largest absolute Gasteiger partial charge is 0.490 e. The average Bonchev–Trinajstić information content (AvgIpc) is 2.57. The maximum atomic E-state index is 12.2. The molecule has 1 aromatic carbocycles. The van der Waals surface area contributed by atoms with Gasteiger partial charge in [0, 0.05) is 4.47 Å². The van der Waals surface area contributed by atoms with Crippen LogP contribution in [-0.2, 0) is 11.2 Å². The zero-order chi connectivity index (χ0) is 13.8. The van der Waals surface area contributed by atoms with Gasteiger partial charge in [-0.15, -0.1) is 0 Å². The normalized spacial score (nSPS) is 14.8. The fraction of sp³-hybridized carbons (Fsp3) is 0.500. The summed E-state index contributed by atoms with van der Waals surface area (Å²) in [7, 11) is 0. The first-order valence-corrected chi connectivity index (χ1v) is 7.20. The van der Waals surface area contributed by atoms with Crippen LogP contribution in [0.5, 0.6) is 11.5 Å². The summed E-state index contributed by atoms with van der Waals surface area (Å²) in [4.78, 5) is 12.2. The molecule has 1 aliphatic rings. The first-order valence-electron chi connectivity index (χ1n) is 6.40. The summed E-state index contributed by atoms with van der Waals surface area (Å²) in [6.45, 7) is 5.44. The number of benzene rings is 1. The standard InChI is InChI=1S/C14H17BrO4/c1-3-18-12-7-10(15)9-5-6-17-8-11(16)13(9)14(12)19-4-2/h7H,3-6,8H2,1-2H3. The molecule has 0 fully saturated rings. The minimum Gasteiger partial charge on any atom is -0.490 e. The lowest BCUT2D eigenvalue weighted by atomic mass is 10.0. The SMILES string of the molecule is CCOc1cc(Br)c2c(c1OCC)C(=O)COCC2. The summed E-state index contributed by atoms with van der Waals surface area (Å²) in [5.41, 5.74) is 1.53. The Morgan fingerprint density at radius 2 is 2.05 bits per heavy atom. The summed E-state index contributed by atoms with van der Waals surface area (Å²) in [5.74, 6) is 1.08. The van der Waals surface area contributed by atoms with Crippen molar-refractivity contribution in [2.45, 2.75) is 20.3 Å². The van der Waals surface area contributed by atoms with Gasteiger partial charge in [-0.25, -0.2) is 0 Å². The third-order valence-corrected chi connectivity index (χ3v) is 3.60. The van der Waals surface area contributed by atoms with Crippen LogP contribution in [0.15, 0.2) is 10.5 Å². The molecule has 5 heteroatoms. The zero-order valence-electron chi connectivity index (χ0n) is 11.1. The van der Waals surface area contributed by atoms with E-state index in [-0.39, 0.29) is 12.4 Å². The number of Topliss-reactive ketones (excluding diaryl/α,β-unsaturated/α-hetero) is 1. The number of halogens is 1. The molecule has 4 nitrogen and oxygen atoms in total. The quantitative estimate of drug-likeness (QED) is 0.852. The minimum absolute atomic E-state index is 0.0572.